The molecule has 0 aliphatic carbocycles. The zero-order valence-corrected chi connectivity index (χ0v) is 14.3. The molecule has 0 aromatic heterocycles. The molecule has 0 radical (unpaired) electrons. The van der Waals surface area contributed by atoms with Crippen LogP contribution in [0.2, 0.25) is 0 Å². The minimum absolute atomic E-state index is 0.118. The summed E-state index contributed by atoms with van der Waals surface area (Å²) in [5.74, 6) is 0.813. The maximum atomic E-state index is 12.5. The zero-order valence-electron chi connectivity index (χ0n) is 13.5. The van der Waals surface area contributed by atoms with Crippen molar-refractivity contribution in [3.05, 3.63) is 65.7 Å². The quantitative estimate of drug-likeness (QED) is 0.910. The van der Waals surface area contributed by atoms with Crippen LogP contribution >= 0.6 is 0 Å². The molecule has 0 heterocycles. The predicted molar refractivity (Wildman–Crippen MR) is 92.3 cm³/mol. The predicted octanol–water partition coefficient (Wildman–Crippen LogP) is 3.84. The molecule has 22 heavy (non-hydrogen) atoms. The molecule has 0 spiro atoms. The average molecular weight is 317 g/mol. The molecular weight excluding hydrogens is 294 g/mol. The minimum atomic E-state index is -1.16. The van der Waals surface area contributed by atoms with Crippen molar-refractivity contribution in [3.63, 3.8) is 0 Å². The highest BCUT2D eigenvalue weighted by atomic mass is 32.2. The Balaban J connectivity index is 2.35. The van der Waals surface area contributed by atoms with Gasteiger partial charge in [0, 0.05) is 0 Å². The fourth-order valence-corrected chi connectivity index (χ4v) is 2.89. The maximum Gasteiger partial charge on any atom is 0.118 e. The van der Waals surface area contributed by atoms with Crippen molar-refractivity contribution in [2.24, 2.45) is 0 Å². The normalized spacial score (nSPS) is 14.4. The van der Waals surface area contributed by atoms with Gasteiger partial charge in [-0.05, 0) is 44.0 Å². The summed E-state index contributed by atoms with van der Waals surface area (Å²) < 4.78 is 20.7. The Morgan fingerprint density at radius 1 is 0.955 bits per heavy atom. The van der Waals surface area contributed by atoms with E-state index >= 15 is 0 Å². The molecule has 2 rings (SSSR count). The molecule has 0 saturated heterocycles. The van der Waals surface area contributed by atoms with Gasteiger partial charge in [0.15, 0.2) is 0 Å². The van der Waals surface area contributed by atoms with E-state index in [1.165, 1.54) is 0 Å². The smallest absolute Gasteiger partial charge is 0.118 e. The van der Waals surface area contributed by atoms with E-state index in [4.69, 9.17) is 4.74 Å². The number of nitrogens with one attached hydrogen (secondary N) is 1. The number of methoxy groups -OCH3 is 1. The number of benzene rings is 2. The Morgan fingerprint density at radius 3 is 2.00 bits per heavy atom. The Kier molecular flexibility index (Phi) is 5.37. The molecule has 1 unspecified atom stereocenters. The molecule has 0 fully saturated rings. The number of rotatable bonds is 5. The lowest BCUT2D eigenvalue weighted by Crippen LogP contribution is -2.36. The van der Waals surface area contributed by atoms with E-state index in [-0.39, 0.29) is 10.8 Å². The lowest BCUT2D eigenvalue weighted by Gasteiger charge is -2.25. The van der Waals surface area contributed by atoms with Gasteiger partial charge in [-0.15, -0.1) is 0 Å². The number of hydrogen-bond acceptors (Lipinski definition) is 2. The van der Waals surface area contributed by atoms with Crippen LogP contribution in [-0.2, 0) is 11.0 Å². The van der Waals surface area contributed by atoms with Crippen LogP contribution in [0, 0.1) is 0 Å². The molecule has 1 N–H and O–H groups in total. The average Bonchev–Trinajstić information content (AvgIpc) is 2.52. The van der Waals surface area contributed by atoms with Crippen molar-refractivity contribution in [2.45, 2.75) is 31.6 Å². The first kappa shape index (κ1) is 16.7. The molecule has 0 aliphatic heterocycles. The summed E-state index contributed by atoms with van der Waals surface area (Å²) in [7, 11) is 0.493. The van der Waals surface area contributed by atoms with E-state index in [0.717, 1.165) is 16.9 Å². The first-order valence-corrected chi connectivity index (χ1v) is 8.44. The maximum absolute atomic E-state index is 12.5. The third-order valence-electron chi connectivity index (χ3n) is 3.36. The van der Waals surface area contributed by atoms with E-state index in [2.05, 4.69) is 4.72 Å². The van der Waals surface area contributed by atoms with E-state index in [1.54, 1.807) is 7.11 Å². The van der Waals surface area contributed by atoms with Gasteiger partial charge >= 0.3 is 0 Å². The van der Waals surface area contributed by atoms with Crippen LogP contribution in [0.3, 0.4) is 0 Å². The first-order valence-electron chi connectivity index (χ1n) is 7.29. The molecular formula is C18H23NO2S. The summed E-state index contributed by atoms with van der Waals surface area (Å²) in [6.45, 7) is 5.89. The van der Waals surface area contributed by atoms with Crippen LogP contribution in [0.5, 0.6) is 5.75 Å². The molecule has 0 saturated carbocycles. The molecule has 118 valence electrons. The molecule has 0 amide bonds. The molecule has 2 atom stereocenters. The highest BCUT2D eigenvalue weighted by molar-refractivity contribution is 7.84. The second-order valence-corrected chi connectivity index (χ2v) is 8.11. The first-order chi connectivity index (χ1) is 10.4. The van der Waals surface area contributed by atoms with Crippen molar-refractivity contribution >= 4 is 11.0 Å². The number of hydrogen-bond donors (Lipinski definition) is 1. The van der Waals surface area contributed by atoms with Gasteiger partial charge in [0.05, 0.1) is 28.9 Å². The summed E-state index contributed by atoms with van der Waals surface area (Å²) in [6, 6.07) is 17.8. The van der Waals surface area contributed by atoms with E-state index < -0.39 is 11.0 Å². The van der Waals surface area contributed by atoms with Gasteiger partial charge in [-0.3, -0.25) is 0 Å². The van der Waals surface area contributed by atoms with Crippen molar-refractivity contribution in [1.29, 1.82) is 0 Å². The summed E-state index contributed by atoms with van der Waals surface area (Å²) in [5.41, 5.74) is 2.15. The molecule has 4 heteroatoms. The standard InChI is InChI=1S/C18H23NO2S/c1-18(2,3)22(20)19-17(14-8-6-5-7-9-14)15-10-12-16(21-4)13-11-15/h5-13,17,19H,1-4H3/t17-,22?/m1/s1. The highest BCUT2D eigenvalue weighted by Gasteiger charge is 2.24. The highest BCUT2D eigenvalue weighted by Crippen LogP contribution is 2.26. The van der Waals surface area contributed by atoms with E-state index in [9.17, 15) is 4.21 Å². The summed E-state index contributed by atoms with van der Waals surface area (Å²) in [5, 5.41) is 0. The summed E-state index contributed by atoms with van der Waals surface area (Å²) in [4.78, 5) is 0. The lowest BCUT2D eigenvalue weighted by atomic mass is 10.00. The monoisotopic (exact) mass is 317 g/mol. The van der Waals surface area contributed by atoms with Crippen molar-refractivity contribution < 1.29 is 8.95 Å². The third kappa shape index (κ3) is 4.18. The lowest BCUT2D eigenvalue weighted by molar-refractivity contribution is 0.414. The Labute approximate surface area is 135 Å². The van der Waals surface area contributed by atoms with Crippen LogP contribution in [0.25, 0.3) is 0 Å². The van der Waals surface area contributed by atoms with Crippen LogP contribution in [-0.4, -0.2) is 16.1 Å². The zero-order chi connectivity index (χ0) is 16.2. The second-order valence-electron chi connectivity index (χ2n) is 6.12. The van der Waals surface area contributed by atoms with Gasteiger partial charge in [-0.25, -0.2) is 8.93 Å². The topological polar surface area (TPSA) is 38.3 Å². The van der Waals surface area contributed by atoms with Gasteiger partial charge in [-0.2, -0.15) is 0 Å². The molecule has 3 nitrogen and oxygen atoms in total. The van der Waals surface area contributed by atoms with Crippen LogP contribution in [0.4, 0.5) is 0 Å². The Bertz CT molecular complexity index is 618. The SMILES string of the molecule is COc1ccc([C@H](NS(=O)C(C)(C)C)c2ccccc2)cc1. The van der Waals surface area contributed by atoms with Crippen molar-refractivity contribution in [1.82, 2.24) is 4.72 Å². The van der Waals surface area contributed by atoms with Gasteiger partial charge in [-0.1, -0.05) is 42.5 Å². The summed E-state index contributed by atoms with van der Waals surface area (Å²) in [6.07, 6.45) is 0. The van der Waals surface area contributed by atoms with Gasteiger partial charge in [0.1, 0.15) is 5.75 Å². The molecule has 0 aliphatic rings. The van der Waals surface area contributed by atoms with E-state index in [0.29, 0.717) is 0 Å². The fourth-order valence-electron chi connectivity index (χ4n) is 2.05. The molecule has 2 aromatic rings. The number of ether oxygens (including phenoxy) is 1. The van der Waals surface area contributed by atoms with Crippen LogP contribution < -0.4 is 9.46 Å². The summed E-state index contributed by atoms with van der Waals surface area (Å²) >= 11 is 0. The van der Waals surface area contributed by atoms with Crippen LogP contribution in [0.15, 0.2) is 54.6 Å². The van der Waals surface area contributed by atoms with Gasteiger partial charge in [0.2, 0.25) is 0 Å². The fraction of sp³-hybridized carbons (Fsp3) is 0.333. The van der Waals surface area contributed by atoms with Gasteiger partial charge < -0.3 is 4.74 Å². The Morgan fingerprint density at radius 2 is 1.50 bits per heavy atom. The van der Waals surface area contributed by atoms with Gasteiger partial charge in [0.25, 0.3) is 0 Å². The second kappa shape index (κ2) is 7.07. The largest absolute Gasteiger partial charge is 0.497 e. The molecule has 0 bridgehead atoms. The van der Waals surface area contributed by atoms with E-state index in [1.807, 2.05) is 75.4 Å². The Hall–Kier alpha value is -1.65. The molecule has 2 aromatic carbocycles. The van der Waals surface area contributed by atoms with Crippen molar-refractivity contribution in [2.75, 3.05) is 7.11 Å². The third-order valence-corrected chi connectivity index (χ3v) is 4.93. The van der Waals surface area contributed by atoms with Crippen molar-refractivity contribution in [3.8, 4) is 5.75 Å². The minimum Gasteiger partial charge on any atom is -0.497 e. The van der Waals surface area contributed by atoms with Crippen LogP contribution in [0.1, 0.15) is 37.9 Å².